The fourth-order valence-corrected chi connectivity index (χ4v) is 4.15. The van der Waals surface area contributed by atoms with E-state index in [2.05, 4.69) is 39.7 Å². The van der Waals surface area contributed by atoms with Gasteiger partial charge in [-0.2, -0.15) is 0 Å². The number of rotatable bonds is 10. The summed E-state index contributed by atoms with van der Waals surface area (Å²) in [6.07, 6.45) is 2.25. The Morgan fingerprint density at radius 2 is 1.93 bits per heavy atom. The SMILES string of the molecule is COC(CNC(=O)CCCNc1ncnc2sc(C)c(-c3ccccc3)c12)OC. The third kappa shape index (κ3) is 5.29. The van der Waals surface area contributed by atoms with E-state index < -0.39 is 6.29 Å². The number of ether oxygens (including phenoxy) is 2. The number of carbonyl (C=O) groups excluding carboxylic acids is 1. The molecule has 0 atom stereocenters. The highest BCUT2D eigenvalue weighted by Crippen LogP contribution is 2.40. The standard InChI is InChI=1S/C21H26N4O3S/c1-14-18(15-8-5-4-6-9-15)19-20(24-13-25-21(19)29-14)22-11-7-10-16(26)23-12-17(27-2)28-3/h4-6,8-9,13,17H,7,10-12H2,1-3H3,(H,23,26)(H,22,24,25). The highest BCUT2D eigenvalue weighted by Gasteiger charge is 2.16. The van der Waals surface area contributed by atoms with Crippen molar-refractivity contribution in [2.45, 2.75) is 26.1 Å². The van der Waals surface area contributed by atoms with Gasteiger partial charge in [0, 0.05) is 37.6 Å². The number of hydrogen-bond acceptors (Lipinski definition) is 7. The van der Waals surface area contributed by atoms with E-state index in [0.29, 0.717) is 25.9 Å². The molecule has 0 spiro atoms. The summed E-state index contributed by atoms with van der Waals surface area (Å²) < 4.78 is 10.1. The van der Waals surface area contributed by atoms with Gasteiger partial charge in [0.2, 0.25) is 5.91 Å². The minimum atomic E-state index is -0.426. The van der Waals surface area contributed by atoms with Crippen molar-refractivity contribution < 1.29 is 14.3 Å². The molecule has 1 aromatic carbocycles. The predicted molar refractivity (Wildman–Crippen MR) is 116 cm³/mol. The zero-order valence-electron chi connectivity index (χ0n) is 16.9. The lowest BCUT2D eigenvalue weighted by molar-refractivity contribution is -0.127. The van der Waals surface area contributed by atoms with E-state index in [9.17, 15) is 4.79 Å². The summed E-state index contributed by atoms with van der Waals surface area (Å²) in [6.45, 7) is 3.08. The smallest absolute Gasteiger partial charge is 0.220 e. The van der Waals surface area contributed by atoms with Gasteiger partial charge in [0.1, 0.15) is 17.0 Å². The zero-order chi connectivity index (χ0) is 20.6. The van der Waals surface area contributed by atoms with Crippen molar-refractivity contribution in [3.05, 3.63) is 41.5 Å². The average Bonchev–Trinajstić information content (AvgIpc) is 3.09. The molecule has 2 aromatic heterocycles. The van der Waals surface area contributed by atoms with E-state index in [0.717, 1.165) is 27.2 Å². The van der Waals surface area contributed by atoms with Gasteiger partial charge in [0.05, 0.1) is 11.9 Å². The van der Waals surface area contributed by atoms with Gasteiger partial charge in [0.15, 0.2) is 6.29 Å². The number of anilines is 1. The van der Waals surface area contributed by atoms with Gasteiger partial charge < -0.3 is 20.1 Å². The highest BCUT2D eigenvalue weighted by molar-refractivity contribution is 7.19. The summed E-state index contributed by atoms with van der Waals surface area (Å²) in [5.41, 5.74) is 2.32. The quantitative estimate of drug-likeness (QED) is 0.390. The molecular formula is C21H26N4O3S. The summed E-state index contributed by atoms with van der Waals surface area (Å²) in [6, 6.07) is 10.3. The van der Waals surface area contributed by atoms with Gasteiger partial charge in [0.25, 0.3) is 0 Å². The Morgan fingerprint density at radius 3 is 2.66 bits per heavy atom. The fourth-order valence-electron chi connectivity index (χ4n) is 3.13. The molecule has 0 saturated heterocycles. The largest absolute Gasteiger partial charge is 0.369 e. The van der Waals surface area contributed by atoms with Crippen LogP contribution >= 0.6 is 11.3 Å². The third-order valence-corrected chi connectivity index (χ3v) is 5.60. The van der Waals surface area contributed by atoms with E-state index >= 15 is 0 Å². The van der Waals surface area contributed by atoms with Gasteiger partial charge in [-0.25, -0.2) is 9.97 Å². The topological polar surface area (TPSA) is 85.4 Å². The molecule has 2 heterocycles. The van der Waals surface area contributed by atoms with Crippen molar-refractivity contribution in [3.63, 3.8) is 0 Å². The molecule has 0 radical (unpaired) electrons. The van der Waals surface area contributed by atoms with Crippen molar-refractivity contribution in [1.82, 2.24) is 15.3 Å². The number of fused-ring (bicyclic) bond motifs is 1. The van der Waals surface area contributed by atoms with Crippen LogP contribution in [-0.4, -0.2) is 49.5 Å². The van der Waals surface area contributed by atoms with Crippen LogP contribution in [0.15, 0.2) is 36.7 Å². The van der Waals surface area contributed by atoms with Crippen LogP contribution in [0.5, 0.6) is 0 Å². The van der Waals surface area contributed by atoms with E-state index in [-0.39, 0.29) is 5.91 Å². The number of aryl methyl sites for hydroxylation is 1. The Morgan fingerprint density at radius 1 is 1.17 bits per heavy atom. The molecule has 3 rings (SSSR count). The normalized spacial score (nSPS) is 11.2. The average molecular weight is 415 g/mol. The van der Waals surface area contributed by atoms with Crippen LogP contribution in [0.4, 0.5) is 5.82 Å². The molecule has 0 fully saturated rings. The molecule has 0 aliphatic carbocycles. The maximum absolute atomic E-state index is 12.0. The molecule has 2 N–H and O–H groups in total. The Balaban J connectivity index is 1.63. The zero-order valence-corrected chi connectivity index (χ0v) is 17.7. The molecule has 7 nitrogen and oxygen atoms in total. The third-order valence-electron chi connectivity index (χ3n) is 4.59. The first-order valence-electron chi connectivity index (χ1n) is 9.49. The lowest BCUT2D eigenvalue weighted by Crippen LogP contribution is -2.34. The first-order chi connectivity index (χ1) is 14.1. The number of amides is 1. The van der Waals surface area contributed by atoms with Crippen LogP contribution < -0.4 is 10.6 Å². The maximum atomic E-state index is 12.0. The number of carbonyl (C=O) groups is 1. The highest BCUT2D eigenvalue weighted by atomic mass is 32.1. The van der Waals surface area contributed by atoms with Gasteiger partial charge in [-0.05, 0) is 18.9 Å². The first kappa shape index (κ1) is 21.2. The first-order valence-corrected chi connectivity index (χ1v) is 10.3. The molecular weight excluding hydrogens is 388 g/mol. The molecule has 0 unspecified atom stereocenters. The summed E-state index contributed by atoms with van der Waals surface area (Å²) >= 11 is 1.67. The second-order valence-electron chi connectivity index (χ2n) is 6.54. The van der Waals surface area contributed by atoms with Gasteiger partial charge in [-0.3, -0.25) is 4.79 Å². The van der Waals surface area contributed by atoms with Crippen LogP contribution in [0.25, 0.3) is 21.3 Å². The van der Waals surface area contributed by atoms with Crippen molar-refractivity contribution in [1.29, 1.82) is 0 Å². The Hall–Kier alpha value is -2.55. The summed E-state index contributed by atoms with van der Waals surface area (Å²) in [5, 5.41) is 7.22. The van der Waals surface area contributed by atoms with Gasteiger partial charge >= 0.3 is 0 Å². The van der Waals surface area contributed by atoms with E-state index in [1.54, 1.807) is 31.9 Å². The van der Waals surface area contributed by atoms with Crippen LogP contribution in [0.3, 0.4) is 0 Å². The van der Waals surface area contributed by atoms with Crippen LogP contribution in [0.2, 0.25) is 0 Å². The van der Waals surface area contributed by atoms with E-state index in [1.807, 2.05) is 18.2 Å². The Kier molecular flexibility index (Phi) is 7.51. The molecule has 0 saturated carbocycles. The Bertz CT molecular complexity index is 942. The van der Waals surface area contributed by atoms with E-state index in [1.165, 1.54) is 4.88 Å². The summed E-state index contributed by atoms with van der Waals surface area (Å²) in [5.74, 6) is 0.771. The van der Waals surface area contributed by atoms with Crippen molar-refractivity contribution in [2.24, 2.45) is 0 Å². The molecule has 0 aliphatic rings. The minimum absolute atomic E-state index is 0.0323. The van der Waals surface area contributed by atoms with Crippen molar-refractivity contribution >= 4 is 33.3 Å². The molecule has 29 heavy (non-hydrogen) atoms. The lowest BCUT2D eigenvalue weighted by atomic mass is 10.0. The number of nitrogens with one attached hydrogen (secondary N) is 2. The number of hydrogen-bond donors (Lipinski definition) is 2. The summed E-state index contributed by atoms with van der Waals surface area (Å²) in [7, 11) is 3.09. The van der Waals surface area contributed by atoms with Crippen LogP contribution in [0.1, 0.15) is 17.7 Å². The van der Waals surface area contributed by atoms with Gasteiger partial charge in [-0.1, -0.05) is 30.3 Å². The van der Waals surface area contributed by atoms with E-state index in [4.69, 9.17) is 9.47 Å². The summed E-state index contributed by atoms with van der Waals surface area (Å²) in [4.78, 5) is 23.0. The number of methoxy groups -OCH3 is 2. The minimum Gasteiger partial charge on any atom is -0.369 e. The lowest BCUT2D eigenvalue weighted by Gasteiger charge is -2.14. The molecule has 8 heteroatoms. The molecule has 3 aromatic rings. The number of benzene rings is 1. The number of aromatic nitrogens is 2. The second kappa shape index (κ2) is 10.3. The van der Waals surface area contributed by atoms with Crippen molar-refractivity contribution in [3.8, 4) is 11.1 Å². The van der Waals surface area contributed by atoms with Crippen LogP contribution in [-0.2, 0) is 14.3 Å². The fraction of sp³-hybridized carbons (Fsp3) is 0.381. The maximum Gasteiger partial charge on any atom is 0.220 e. The molecule has 0 aliphatic heterocycles. The number of thiophene rings is 1. The van der Waals surface area contributed by atoms with Gasteiger partial charge in [-0.15, -0.1) is 11.3 Å². The molecule has 0 bridgehead atoms. The Labute approximate surface area is 174 Å². The predicted octanol–water partition coefficient (Wildman–Crippen LogP) is 3.59. The number of nitrogens with zero attached hydrogens (tertiary/aromatic N) is 2. The molecule has 154 valence electrons. The second-order valence-corrected chi connectivity index (χ2v) is 7.74. The van der Waals surface area contributed by atoms with Crippen LogP contribution in [0, 0.1) is 6.92 Å². The monoisotopic (exact) mass is 414 g/mol. The van der Waals surface area contributed by atoms with Crippen molar-refractivity contribution in [2.75, 3.05) is 32.6 Å². The molecule has 1 amide bonds.